The van der Waals surface area contributed by atoms with Gasteiger partial charge in [-0.05, 0) is 24.3 Å². The van der Waals surface area contributed by atoms with E-state index in [0.29, 0.717) is 37.6 Å². The number of aromatic nitrogens is 1. The number of amides is 1. The minimum absolute atomic E-state index is 0.00159. The molecule has 0 spiro atoms. The zero-order valence-corrected chi connectivity index (χ0v) is 15.2. The van der Waals surface area contributed by atoms with E-state index in [-0.39, 0.29) is 11.7 Å². The smallest absolute Gasteiger partial charge is 0.255 e. The van der Waals surface area contributed by atoms with E-state index in [9.17, 15) is 9.18 Å². The van der Waals surface area contributed by atoms with Crippen LogP contribution in [0.5, 0.6) is 0 Å². The molecular weight excluding hydrogens is 347 g/mol. The van der Waals surface area contributed by atoms with Crippen LogP contribution in [0.3, 0.4) is 0 Å². The van der Waals surface area contributed by atoms with Gasteiger partial charge in [0.15, 0.2) is 0 Å². The Morgan fingerprint density at radius 2 is 1.63 bits per heavy atom. The van der Waals surface area contributed by atoms with Gasteiger partial charge in [-0.25, -0.2) is 9.37 Å². The first-order chi connectivity index (χ1) is 13.2. The van der Waals surface area contributed by atoms with Gasteiger partial charge >= 0.3 is 0 Å². The summed E-state index contributed by atoms with van der Waals surface area (Å²) in [7, 11) is 0. The molecule has 0 aliphatic carbocycles. The number of ether oxygens (including phenoxy) is 1. The fourth-order valence-corrected chi connectivity index (χ4v) is 3.53. The number of anilines is 2. The van der Waals surface area contributed by atoms with Gasteiger partial charge in [-0.3, -0.25) is 4.79 Å². The summed E-state index contributed by atoms with van der Waals surface area (Å²) < 4.78 is 19.2. The Balaban J connectivity index is 1.37. The third-order valence-electron chi connectivity index (χ3n) is 5.09. The van der Waals surface area contributed by atoms with Crippen molar-refractivity contribution in [1.29, 1.82) is 0 Å². The molecule has 2 aliphatic heterocycles. The third-order valence-corrected chi connectivity index (χ3v) is 5.09. The molecule has 0 radical (unpaired) electrons. The van der Waals surface area contributed by atoms with E-state index in [2.05, 4.69) is 14.8 Å². The van der Waals surface area contributed by atoms with E-state index >= 15 is 0 Å². The summed E-state index contributed by atoms with van der Waals surface area (Å²) in [5.74, 6) is 0.665. The number of hydrogen-bond acceptors (Lipinski definition) is 5. The standard InChI is InChI=1S/C20H23FN4O2/c21-17-3-1-2-4-18(17)23-7-9-24(10-8-23)19-6-5-16(15-22-19)20(26)25-11-13-27-14-12-25/h1-6,15H,7-14H2. The lowest BCUT2D eigenvalue weighted by molar-refractivity contribution is 0.0302. The van der Waals surface area contributed by atoms with Gasteiger partial charge in [0.2, 0.25) is 0 Å². The van der Waals surface area contributed by atoms with E-state index in [1.165, 1.54) is 6.07 Å². The molecule has 1 aromatic heterocycles. The maximum absolute atomic E-state index is 14.0. The predicted octanol–water partition coefficient (Wildman–Crippen LogP) is 2.02. The van der Waals surface area contributed by atoms with Crippen molar-refractivity contribution in [2.24, 2.45) is 0 Å². The summed E-state index contributed by atoms with van der Waals surface area (Å²) >= 11 is 0. The van der Waals surface area contributed by atoms with Crippen molar-refractivity contribution < 1.29 is 13.9 Å². The number of para-hydroxylation sites is 1. The molecule has 27 heavy (non-hydrogen) atoms. The Kier molecular flexibility index (Phi) is 5.20. The quantitative estimate of drug-likeness (QED) is 0.827. The highest BCUT2D eigenvalue weighted by molar-refractivity contribution is 5.94. The predicted molar refractivity (Wildman–Crippen MR) is 102 cm³/mol. The van der Waals surface area contributed by atoms with E-state index in [1.807, 2.05) is 24.3 Å². The molecule has 4 rings (SSSR count). The average Bonchev–Trinajstić information content (AvgIpc) is 2.74. The van der Waals surface area contributed by atoms with Gasteiger partial charge in [-0.2, -0.15) is 0 Å². The molecule has 0 bridgehead atoms. The van der Waals surface area contributed by atoms with Crippen LogP contribution in [0.25, 0.3) is 0 Å². The molecule has 142 valence electrons. The van der Waals surface area contributed by atoms with Gasteiger partial charge in [0.25, 0.3) is 5.91 Å². The van der Waals surface area contributed by atoms with Gasteiger partial charge in [-0.1, -0.05) is 12.1 Å². The molecule has 2 aliphatic rings. The first-order valence-electron chi connectivity index (χ1n) is 9.30. The number of halogens is 1. The Morgan fingerprint density at radius 1 is 0.926 bits per heavy atom. The molecule has 3 heterocycles. The number of carbonyl (C=O) groups excluding carboxylic acids is 1. The summed E-state index contributed by atoms with van der Waals surface area (Å²) in [4.78, 5) is 23.0. The van der Waals surface area contributed by atoms with Crippen LogP contribution < -0.4 is 9.80 Å². The molecule has 0 unspecified atom stereocenters. The number of benzene rings is 1. The van der Waals surface area contributed by atoms with E-state index < -0.39 is 0 Å². The molecular formula is C20H23FN4O2. The highest BCUT2D eigenvalue weighted by atomic mass is 19.1. The number of nitrogens with zero attached hydrogens (tertiary/aromatic N) is 4. The van der Waals surface area contributed by atoms with Gasteiger partial charge < -0.3 is 19.4 Å². The normalized spacial score (nSPS) is 17.9. The van der Waals surface area contributed by atoms with Crippen LogP contribution in [-0.2, 0) is 4.74 Å². The Hall–Kier alpha value is -2.67. The molecule has 1 amide bonds. The molecule has 0 saturated carbocycles. The minimum atomic E-state index is -0.185. The topological polar surface area (TPSA) is 48.9 Å². The summed E-state index contributed by atoms with van der Waals surface area (Å²) in [6.45, 7) is 5.41. The van der Waals surface area contributed by atoms with Crippen molar-refractivity contribution in [1.82, 2.24) is 9.88 Å². The van der Waals surface area contributed by atoms with Crippen molar-refractivity contribution in [2.75, 3.05) is 62.3 Å². The summed E-state index contributed by atoms with van der Waals surface area (Å²) in [5.41, 5.74) is 1.25. The minimum Gasteiger partial charge on any atom is -0.378 e. The number of hydrogen-bond donors (Lipinski definition) is 0. The Bertz CT molecular complexity index is 785. The molecule has 2 saturated heterocycles. The van der Waals surface area contributed by atoms with Gasteiger partial charge in [0, 0.05) is 45.5 Å². The van der Waals surface area contributed by atoms with Crippen molar-refractivity contribution in [3.05, 3.63) is 54.0 Å². The highest BCUT2D eigenvalue weighted by Crippen LogP contribution is 2.22. The molecule has 0 atom stereocenters. The molecule has 1 aromatic carbocycles. The highest BCUT2D eigenvalue weighted by Gasteiger charge is 2.22. The lowest BCUT2D eigenvalue weighted by Crippen LogP contribution is -2.47. The molecule has 2 fully saturated rings. The van der Waals surface area contributed by atoms with Gasteiger partial charge in [0.1, 0.15) is 11.6 Å². The maximum atomic E-state index is 14.0. The Labute approximate surface area is 158 Å². The van der Waals surface area contributed by atoms with Gasteiger partial charge in [-0.15, -0.1) is 0 Å². The fraction of sp³-hybridized carbons (Fsp3) is 0.400. The largest absolute Gasteiger partial charge is 0.378 e. The first kappa shape index (κ1) is 17.7. The average molecular weight is 370 g/mol. The summed E-state index contributed by atoms with van der Waals surface area (Å²) in [5, 5.41) is 0. The summed E-state index contributed by atoms with van der Waals surface area (Å²) in [6.07, 6.45) is 1.65. The fourth-order valence-electron chi connectivity index (χ4n) is 3.53. The molecule has 0 N–H and O–H groups in total. The SMILES string of the molecule is O=C(c1ccc(N2CCN(c3ccccc3F)CC2)nc1)N1CCOCC1. The lowest BCUT2D eigenvalue weighted by atomic mass is 10.2. The number of piperazine rings is 1. The van der Waals surface area contributed by atoms with Crippen molar-refractivity contribution >= 4 is 17.4 Å². The monoisotopic (exact) mass is 370 g/mol. The van der Waals surface area contributed by atoms with Crippen LogP contribution in [0.1, 0.15) is 10.4 Å². The number of rotatable bonds is 3. The van der Waals surface area contributed by atoms with E-state index in [1.54, 1.807) is 17.2 Å². The van der Waals surface area contributed by atoms with Crippen LogP contribution in [0.2, 0.25) is 0 Å². The van der Waals surface area contributed by atoms with E-state index in [4.69, 9.17) is 4.74 Å². The molecule has 2 aromatic rings. The maximum Gasteiger partial charge on any atom is 0.255 e. The number of pyridine rings is 1. The zero-order chi connectivity index (χ0) is 18.6. The van der Waals surface area contributed by atoms with E-state index in [0.717, 1.165) is 32.0 Å². The van der Waals surface area contributed by atoms with Crippen LogP contribution >= 0.6 is 0 Å². The number of morpholine rings is 1. The molecule has 6 nitrogen and oxygen atoms in total. The number of carbonyl (C=O) groups is 1. The first-order valence-corrected chi connectivity index (χ1v) is 9.30. The second-order valence-electron chi connectivity index (χ2n) is 6.74. The van der Waals surface area contributed by atoms with Crippen LogP contribution in [0.4, 0.5) is 15.9 Å². The second-order valence-corrected chi connectivity index (χ2v) is 6.74. The van der Waals surface area contributed by atoms with Crippen molar-refractivity contribution in [3.8, 4) is 0 Å². The third kappa shape index (κ3) is 3.88. The van der Waals surface area contributed by atoms with Crippen molar-refractivity contribution in [2.45, 2.75) is 0 Å². The van der Waals surface area contributed by atoms with Crippen molar-refractivity contribution in [3.63, 3.8) is 0 Å². The second kappa shape index (κ2) is 7.92. The lowest BCUT2D eigenvalue weighted by Gasteiger charge is -2.36. The summed E-state index contributed by atoms with van der Waals surface area (Å²) in [6, 6.07) is 10.6. The van der Waals surface area contributed by atoms with Crippen LogP contribution in [0.15, 0.2) is 42.6 Å². The van der Waals surface area contributed by atoms with Crippen LogP contribution in [-0.4, -0.2) is 68.3 Å². The zero-order valence-electron chi connectivity index (χ0n) is 15.2. The van der Waals surface area contributed by atoms with Gasteiger partial charge in [0.05, 0.1) is 24.5 Å². The van der Waals surface area contributed by atoms with Crippen LogP contribution in [0, 0.1) is 5.82 Å². The molecule has 7 heteroatoms. The Morgan fingerprint density at radius 3 is 2.30 bits per heavy atom.